The first-order chi connectivity index (χ1) is 15.2. The van der Waals surface area contributed by atoms with Crippen molar-refractivity contribution in [2.24, 2.45) is 0 Å². The molecule has 0 saturated carbocycles. The second-order valence-electron chi connectivity index (χ2n) is 8.96. The Kier molecular flexibility index (Phi) is 17.3. The number of esters is 1. The molecule has 0 aliphatic rings. The molecule has 3 heteroatoms. The Morgan fingerprint density at radius 2 is 1.19 bits per heavy atom. The summed E-state index contributed by atoms with van der Waals surface area (Å²) in [5.74, 6) is -0.170. The van der Waals surface area contributed by atoms with Gasteiger partial charge in [-0.3, -0.25) is 4.79 Å². The number of hydrogen-bond acceptors (Lipinski definition) is 3. The molecule has 1 atom stereocenters. The van der Waals surface area contributed by atoms with Crippen LogP contribution in [0, 0.1) is 0 Å². The highest BCUT2D eigenvalue weighted by atomic mass is 16.5. The zero-order valence-electron chi connectivity index (χ0n) is 20.7. The Labute approximate surface area is 192 Å². The number of benzene rings is 1. The number of likely N-dealkylation sites (N-methyl/N-ethyl adjacent to an activating group) is 1. The van der Waals surface area contributed by atoms with Gasteiger partial charge in [-0.15, -0.1) is 0 Å². The van der Waals surface area contributed by atoms with E-state index in [1.54, 1.807) is 0 Å². The largest absolute Gasteiger partial charge is 0.465 e. The molecule has 1 aromatic carbocycles. The van der Waals surface area contributed by atoms with Crippen LogP contribution in [0.5, 0.6) is 0 Å². The molecule has 0 heterocycles. The van der Waals surface area contributed by atoms with Crippen molar-refractivity contribution in [3.8, 4) is 0 Å². The summed E-state index contributed by atoms with van der Waals surface area (Å²) < 4.78 is 5.12. The third-order valence-corrected chi connectivity index (χ3v) is 6.20. The topological polar surface area (TPSA) is 38.3 Å². The van der Waals surface area contributed by atoms with Gasteiger partial charge in [-0.2, -0.15) is 0 Å². The van der Waals surface area contributed by atoms with E-state index in [1.165, 1.54) is 101 Å². The maximum absolute atomic E-state index is 11.9. The molecule has 0 aromatic heterocycles. The van der Waals surface area contributed by atoms with Gasteiger partial charge in [-0.05, 0) is 44.4 Å². The Morgan fingerprint density at radius 3 is 1.65 bits per heavy atom. The van der Waals surface area contributed by atoms with Crippen LogP contribution in [0.2, 0.25) is 0 Å². The van der Waals surface area contributed by atoms with E-state index in [0.29, 0.717) is 13.0 Å². The highest BCUT2D eigenvalue weighted by Crippen LogP contribution is 2.15. The van der Waals surface area contributed by atoms with Crippen molar-refractivity contribution in [1.29, 1.82) is 0 Å². The third kappa shape index (κ3) is 14.4. The van der Waals surface area contributed by atoms with Crippen LogP contribution in [0.3, 0.4) is 0 Å². The molecule has 1 unspecified atom stereocenters. The van der Waals surface area contributed by atoms with E-state index < -0.39 is 0 Å². The number of carbonyl (C=O) groups is 1. The zero-order valence-corrected chi connectivity index (χ0v) is 20.7. The molecule has 0 bridgehead atoms. The average Bonchev–Trinajstić information content (AvgIpc) is 2.78. The monoisotopic (exact) mass is 431 g/mol. The molecule has 0 saturated heterocycles. The summed E-state index contributed by atoms with van der Waals surface area (Å²) in [5.41, 5.74) is 2.58. The first kappa shape index (κ1) is 27.7. The molecule has 0 aliphatic carbocycles. The highest BCUT2D eigenvalue weighted by molar-refractivity contribution is 5.76. The van der Waals surface area contributed by atoms with Crippen LogP contribution in [0.1, 0.15) is 115 Å². The van der Waals surface area contributed by atoms with E-state index in [1.807, 2.05) is 14.0 Å². The second-order valence-corrected chi connectivity index (χ2v) is 8.96. The van der Waals surface area contributed by atoms with Crippen molar-refractivity contribution in [2.45, 2.75) is 123 Å². The lowest BCUT2D eigenvalue weighted by Crippen LogP contribution is -2.37. The fraction of sp³-hybridized carbons (Fsp3) is 0.750. The van der Waals surface area contributed by atoms with E-state index >= 15 is 0 Å². The van der Waals surface area contributed by atoms with Crippen molar-refractivity contribution in [1.82, 2.24) is 5.32 Å². The number of rotatable bonds is 20. The smallest absolute Gasteiger partial charge is 0.323 e. The van der Waals surface area contributed by atoms with E-state index in [9.17, 15) is 4.79 Å². The first-order valence-electron chi connectivity index (χ1n) is 13.1. The maximum atomic E-state index is 11.9. The summed E-state index contributed by atoms with van der Waals surface area (Å²) in [4.78, 5) is 11.9. The summed E-state index contributed by atoms with van der Waals surface area (Å²) in [6.45, 7) is 4.56. The number of unbranched alkanes of at least 4 members (excludes halogenated alkanes) is 13. The van der Waals surface area contributed by atoms with Gasteiger partial charge in [0.2, 0.25) is 0 Å². The number of aryl methyl sites for hydroxylation is 1. The fourth-order valence-corrected chi connectivity index (χ4v) is 4.15. The second kappa shape index (κ2) is 19.3. The third-order valence-electron chi connectivity index (χ3n) is 6.20. The minimum Gasteiger partial charge on any atom is -0.465 e. The van der Waals surface area contributed by atoms with Gasteiger partial charge in [0.15, 0.2) is 0 Å². The molecule has 1 rings (SSSR count). The van der Waals surface area contributed by atoms with E-state index in [4.69, 9.17) is 4.74 Å². The number of carbonyl (C=O) groups excluding carboxylic acids is 1. The van der Waals surface area contributed by atoms with Gasteiger partial charge < -0.3 is 10.1 Å². The van der Waals surface area contributed by atoms with Crippen molar-refractivity contribution in [2.75, 3.05) is 13.7 Å². The highest BCUT2D eigenvalue weighted by Gasteiger charge is 2.17. The minimum atomic E-state index is -0.267. The minimum absolute atomic E-state index is 0.170. The SMILES string of the molecule is CCCCCCCCCCCCCCCCc1ccc(CC(NC)C(=O)OCC)cc1. The molecular weight excluding hydrogens is 382 g/mol. The maximum Gasteiger partial charge on any atom is 0.323 e. The lowest BCUT2D eigenvalue weighted by molar-refractivity contribution is -0.145. The summed E-state index contributed by atoms with van der Waals surface area (Å²) in [7, 11) is 1.81. The Hall–Kier alpha value is -1.35. The van der Waals surface area contributed by atoms with Crippen LogP contribution in [0.4, 0.5) is 0 Å². The molecule has 3 nitrogen and oxygen atoms in total. The van der Waals surface area contributed by atoms with Crippen molar-refractivity contribution >= 4 is 5.97 Å². The predicted octanol–water partition coefficient (Wildman–Crippen LogP) is 7.40. The van der Waals surface area contributed by atoms with Gasteiger partial charge in [0.1, 0.15) is 6.04 Å². The molecule has 178 valence electrons. The Morgan fingerprint density at radius 1 is 0.742 bits per heavy atom. The van der Waals surface area contributed by atoms with E-state index in [2.05, 4.69) is 36.5 Å². The van der Waals surface area contributed by atoms with Crippen molar-refractivity contribution in [3.05, 3.63) is 35.4 Å². The van der Waals surface area contributed by atoms with Gasteiger partial charge in [0, 0.05) is 0 Å². The van der Waals surface area contributed by atoms with Gasteiger partial charge >= 0.3 is 5.97 Å². The molecule has 0 radical (unpaired) electrons. The molecular formula is C28H49NO2. The lowest BCUT2D eigenvalue weighted by atomic mass is 10.0. The summed E-state index contributed by atoms with van der Waals surface area (Å²) >= 11 is 0. The van der Waals surface area contributed by atoms with Gasteiger partial charge in [-0.25, -0.2) is 0 Å². The van der Waals surface area contributed by atoms with E-state index in [-0.39, 0.29) is 12.0 Å². The van der Waals surface area contributed by atoms with Gasteiger partial charge in [0.25, 0.3) is 0 Å². The van der Waals surface area contributed by atoms with Crippen LogP contribution >= 0.6 is 0 Å². The quantitative estimate of drug-likeness (QED) is 0.173. The first-order valence-corrected chi connectivity index (χ1v) is 13.1. The standard InChI is InChI=1S/C28H49NO2/c1-4-6-7-8-9-10-11-12-13-14-15-16-17-18-19-25-20-22-26(23-21-25)24-27(29-3)28(30)31-5-2/h20-23,27,29H,4-19,24H2,1-3H3. The van der Waals surface area contributed by atoms with Crippen LogP contribution in [0.15, 0.2) is 24.3 Å². The molecule has 0 fully saturated rings. The van der Waals surface area contributed by atoms with E-state index in [0.717, 1.165) is 6.42 Å². The zero-order chi connectivity index (χ0) is 22.6. The van der Waals surface area contributed by atoms with Crippen LogP contribution in [0.25, 0.3) is 0 Å². The lowest BCUT2D eigenvalue weighted by Gasteiger charge is -2.14. The Bertz CT molecular complexity index is 540. The molecule has 31 heavy (non-hydrogen) atoms. The Balaban J connectivity index is 2.02. The van der Waals surface area contributed by atoms with Crippen LogP contribution in [-0.4, -0.2) is 25.7 Å². The molecule has 0 amide bonds. The molecule has 1 aromatic rings. The number of ether oxygens (including phenoxy) is 1. The average molecular weight is 432 g/mol. The normalized spacial score (nSPS) is 12.1. The van der Waals surface area contributed by atoms with Crippen molar-refractivity contribution < 1.29 is 9.53 Å². The number of hydrogen-bond donors (Lipinski definition) is 1. The van der Waals surface area contributed by atoms with Crippen LogP contribution < -0.4 is 5.32 Å². The molecule has 0 spiro atoms. The fourth-order valence-electron chi connectivity index (χ4n) is 4.15. The van der Waals surface area contributed by atoms with Crippen LogP contribution in [-0.2, 0) is 22.4 Å². The van der Waals surface area contributed by atoms with Crippen molar-refractivity contribution in [3.63, 3.8) is 0 Å². The summed E-state index contributed by atoms with van der Waals surface area (Å²) in [5, 5.41) is 3.06. The predicted molar refractivity (Wildman–Crippen MR) is 134 cm³/mol. The van der Waals surface area contributed by atoms with Gasteiger partial charge in [0.05, 0.1) is 6.61 Å². The summed E-state index contributed by atoms with van der Waals surface area (Å²) in [6, 6.07) is 8.48. The number of nitrogens with one attached hydrogen (secondary N) is 1. The summed E-state index contributed by atoms with van der Waals surface area (Å²) in [6.07, 6.45) is 21.5. The van der Waals surface area contributed by atoms with Gasteiger partial charge in [-0.1, -0.05) is 115 Å². The molecule has 1 N–H and O–H groups in total. The molecule has 0 aliphatic heterocycles.